The summed E-state index contributed by atoms with van der Waals surface area (Å²) in [6.45, 7) is 3.33. The summed E-state index contributed by atoms with van der Waals surface area (Å²) in [6, 6.07) is 4.84. The zero-order valence-corrected chi connectivity index (χ0v) is 13.5. The van der Waals surface area contributed by atoms with Crippen molar-refractivity contribution >= 4 is 35.1 Å². The van der Waals surface area contributed by atoms with Crippen LogP contribution in [0.5, 0.6) is 0 Å². The molecule has 2 rings (SSSR count). The first-order valence-corrected chi connectivity index (χ1v) is 8.45. The Kier molecular flexibility index (Phi) is 4.37. The maximum atomic E-state index is 12.9. The summed E-state index contributed by atoms with van der Waals surface area (Å²) in [5.41, 5.74) is 0.572. The summed E-state index contributed by atoms with van der Waals surface area (Å²) >= 11 is 3.26. The van der Waals surface area contributed by atoms with E-state index in [1.807, 2.05) is 0 Å². The number of hydrogen-bond donors (Lipinski definition) is 2. The molecule has 0 saturated carbocycles. The molecule has 1 aromatic carbocycles. The molecule has 0 unspecified atom stereocenters. The van der Waals surface area contributed by atoms with Crippen molar-refractivity contribution in [2.24, 2.45) is 0 Å². The zero-order valence-electron chi connectivity index (χ0n) is 11.1. The number of hydrogen-bond acceptors (Lipinski definition) is 5. The van der Waals surface area contributed by atoms with E-state index in [0.717, 1.165) is 0 Å². The minimum absolute atomic E-state index is 0.0518. The lowest BCUT2D eigenvalue weighted by molar-refractivity contribution is -0.128. The fraction of sp³-hybridized carbons (Fsp3) is 0.417. The van der Waals surface area contributed by atoms with Crippen LogP contribution < -0.4 is 5.32 Å². The van der Waals surface area contributed by atoms with E-state index >= 15 is 0 Å². The number of benzene rings is 1. The summed E-state index contributed by atoms with van der Waals surface area (Å²) in [7, 11) is -4.06. The largest absolute Gasteiger partial charge is 0.376 e. The minimum Gasteiger partial charge on any atom is -0.366 e. The van der Waals surface area contributed by atoms with Crippen molar-refractivity contribution in [3.63, 3.8) is 0 Å². The third-order valence-electron chi connectivity index (χ3n) is 2.92. The molecule has 1 atom stereocenters. The van der Waals surface area contributed by atoms with E-state index in [-0.39, 0.29) is 18.8 Å². The van der Waals surface area contributed by atoms with Crippen molar-refractivity contribution in [3.05, 3.63) is 28.2 Å². The molecule has 1 aliphatic rings. The summed E-state index contributed by atoms with van der Waals surface area (Å²) in [5.74, 6) is -0.809. The van der Waals surface area contributed by atoms with E-state index in [1.54, 1.807) is 26.0 Å². The van der Waals surface area contributed by atoms with Gasteiger partial charge in [-0.2, -0.15) is 0 Å². The van der Waals surface area contributed by atoms with Crippen LogP contribution in [0.4, 0.5) is 5.69 Å². The lowest BCUT2D eigenvalue weighted by Gasteiger charge is -2.29. The first kappa shape index (κ1) is 15.7. The predicted molar refractivity (Wildman–Crippen MR) is 77.5 cm³/mol. The van der Waals surface area contributed by atoms with Gasteiger partial charge in [0, 0.05) is 15.7 Å². The monoisotopic (exact) mass is 363 g/mol. The highest BCUT2D eigenvalue weighted by molar-refractivity contribution is 9.10. The maximum absolute atomic E-state index is 12.9. The van der Waals surface area contributed by atoms with E-state index in [1.165, 1.54) is 6.07 Å². The lowest BCUT2D eigenvalue weighted by atomic mass is 10.1. The van der Waals surface area contributed by atoms with Gasteiger partial charge < -0.3 is 19.5 Å². The Hall–Kier alpha value is -0.720. The van der Waals surface area contributed by atoms with Crippen LogP contribution in [0.3, 0.4) is 0 Å². The molecule has 1 amide bonds. The first-order valence-electron chi connectivity index (χ1n) is 6.12. The smallest absolute Gasteiger partial charge is 0.366 e. The minimum atomic E-state index is -4.06. The van der Waals surface area contributed by atoms with Crippen LogP contribution in [0.2, 0.25) is 0 Å². The molecule has 0 aromatic heterocycles. The first-order chi connectivity index (χ1) is 9.39. The molecule has 8 heteroatoms. The van der Waals surface area contributed by atoms with Crippen LogP contribution in [0, 0.1) is 0 Å². The van der Waals surface area contributed by atoms with Crippen LogP contribution in [0.1, 0.15) is 19.4 Å². The molecule has 0 aliphatic carbocycles. The van der Waals surface area contributed by atoms with Crippen molar-refractivity contribution in [1.29, 1.82) is 0 Å². The van der Waals surface area contributed by atoms with Gasteiger partial charge in [0.15, 0.2) is 0 Å². The number of aliphatic hydroxyl groups is 1. The Morgan fingerprint density at radius 2 is 1.95 bits per heavy atom. The molecule has 1 aromatic rings. The average molecular weight is 364 g/mol. The molecule has 0 fully saturated rings. The average Bonchev–Trinajstić information content (AvgIpc) is 2.64. The third-order valence-corrected chi connectivity index (χ3v) is 5.84. The molecule has 0 radical (unpaired) electrons. The molecule has 1 heterocycles. The van der Waals surface area contributed by atoms with Crippen LogP contribution in [0.15, 0.2) is 22.7 Å². The normalized spacial score (nSPS) is 21.7. The molecular weight excluding hydrogens is 349 g/mol. The molecule has 20 heavy (non-hydrogen) atoms. The second kappa shape index (κ2) is 5.58. The maximum Gasteiger partial charge on any atom is 0.376 e. The highest BCUT2D eigenvalue weighted by Crippen LogP contribution is 2.66. The van der Waals surface area contributed by atoms with Gasteiger partial charge in [-0.15, -0.1) is 0 Å². The van der Waals surface area contributed by atoms with Crippen LogP contribution in [-0.2, 0) is 23.7 Å². The van der Waals surface area contributed by atoms with Gasteiger partial charge >= 0.3 is 7.60 Å². The number of anilines is 1. The van der Waals surface area contributed by atoms with Gasteiger partial charge in [-0.3, -0.25) is 9.36 Å². The molecular formula is C12H15BrNO5P. The predicted octanol–water partition coefficient (Wildman–Crippen LogP) is 2.81. The second-order valence-corrected chi connectivity index (χ2v) is 7.22. The molecule has 0 spiro atoms. The third kappa shape index (κ3) is 2.23. The topological polar surface area (TPSA) is 84.9 Å². The van der Waals surface area contributed by atoms with Crippen molar-refractivity contribution < 1.29 is 23.5 Å². The fourth-order valence-corrected chi connectivity index (χ4v) is 4.36. The fourth-order valence-electron chi connectivity index (χ4n) is 2.08. The summed E-state index contributed by atoms with van der Waals surface area (Å²) in [5, 5.41) is 10.9. The Balaban J connectivity index is 2.61. The number of carbonyl (C=O) groups is 1. The quantitative estimate of drug-likeness (QED) is 0.785. The van der Waals surface area contributed by atoms with Crippen molar-refractivity contribution in [3.8, 4) is 0 Å². The number of fused-ring (bicyclic) bond motifs is 1. The number of rotatable bonds is 5. The van der Waals surface area contributed by atoms with E-state index in [0.29, 0.717) is 10.2 Å². The van der Waals surface area contributed by atoms with E-state index < -0.39 is 18.8 Å². The molecule has 0 saturated heterocycles. The van der Waals surface area contributed by atoms with Gasteiger partial charge in [0.2, 0.25) is 0 Å². The van der Waals surface area contributed by atoms with E-state index in [4.69, 9.17) is 9.05 Å². The number of carbonyl (C=O) groups excluding carboxylic acids is 1. The van der Waals surface area contributed by atoms with E-state index in [2.05, 4.69) is 21.2 Å². The molecule has 2 N–H and O–H groups in total. The standard InChI is InChI=1S/C12H15BrNO5P/c1-3-18-20(17,19-4-2)12(16)9-7-8(13)5-6-10(9)14-11(12)15/h5-7,16H,3-4H2,1-2H3,(H,14,15)/t12-/m0/s1. The summed E-state index contributed by atoms with van der Waals surface area (Å²) < 4.78 is 23.8. The second-order valence-electron chi connectivity index (χ2n) is 4.15. The highest BCUT2D eigenvalue weighted by atomic mass is 79.9. The highest BCUT2D eigenvalue weighted by Gasteiger charge is 2.61. The van der Waals surface area contributed by atoms with Crippen molar-refractivity contribution in [1.82, 2.24) is 0 Å². The van der Waals surface area contributed by atoms with Gasteiger partial charge in [0.1, 0.15) is 0 Å². The molecule has 0 bridgehead atoms. The molecule has 110 valence electrons. The Bertz CT molecular complexity index is 583. The van der Waals surface area contributed by atoms with Gasteiger partial charge in [0.05, 0.1) is 13.2 Å². The zero-order chi connectivity index (χ0) is 15.0. The number of amides is 1. The SMILES string of the molecule is CCOP(=O)(OCC)[C@]1(O)C(=O)Nc2ccc(Br)cc21. The summed E-state index contributed by atoms with van der Waals surface area (Å²) in [4.78, 5) is 12.2. The van der Waals surface area contributed by atoms with Gasteiger partial charge in [-0.05, 0) is 32.0 Å². The van der Waals surface area contributed by atoms with Crippen LogP contribution in [-0.4, -0.2) is 24.2 Å². The lowest BCUT2D eigenvalue weighted by Crippen LogP contribution is -2.35. The van der Waals surface area contributed by atoms with Crippen molar-refractivity contribution in [2.45, 2.75) is 19.2 Å². The van der Waals surface area contributed by atoms with Gasteiger partial charge in [0.25, 0.3) is 11.2 Å². The summed E-state index contributed by atoms with van der Waals surface area (Å²) in [6.07, 6.45) is 0. The molecule has 1 aliphatic heterocycles. The Morgan fingerprint density at radius 3 is 2.50 bits per heavy atom. The van der Waals surface area contributed by atoms with Crippen LogP contribution >= 0.6 is 23.5 Å². The Morgan fingerprint density at radius 1 is 1.35 bits per heavy atom. The van der Waals surface area contributed by atoms with Gasteiger partial charge in [-0.1, -0.05) is 15.9 Å². The van der Waals surface area contributed by atoms with Crippen molar-refractivity contribution in [2.75, 3.05) is 18.5 Å². The van der Waals surface area contributed by atoms with Gasteiger partial charge in [-0.25, -0.2) is 0 Å². The molecule has 6 nitrogen and oxygen atoms in total. The Labute approximate surface area is 125 Å². The van der Waals surface area contributed by atoms with Crippen LogP contribution in [0.25, 0.3) is 0 Å². The number of halogens is 1. The number of nitrogens with one attached hydrogen (secondary N) is 1. The van der Waals surface area contributed by atoms with E-state index in [9.17, 15) is 14.5 Å².